The molecule has 16 heavy (non-hydrogen) atoms. The summed E-state index contributed by atoms with van der Waals surface area (Å²) in [5.74, 6) is 1.73. The van der Waals surface area contributed by atoms with Crippen LogP contribution >= 0.6 is 11.6 Å². The number of rotatable bonds is 2. The third kappa shape index (κ3) is 1.74. The number of benzene rings is 1. The Morgan fingerprint density at radius 1 is 1.25 bits per heavy atom. The molecule has 1 aromatic carbocycles. The Labute approximate surface area is 100 Å². The zero-order valence-electron chi connectivity index (χ0n) is 9.71. The minimum Gasteiger partial charge on any atom is -0.453 e. The molecule has 3 nitrogen and oxygen atoms in total. The number of halogens is 1. The van der Waals surface area contributed by atoms with E-state index in [4.69, 9.17) is 26.8 Å². The Balaban J connectivity index is 2.67. The lowest BCUT2D eigenvalue weighted by Crippen LogP contribution is -2.10. The maximum atomic E-state index is 6.13. The summed E-state index contributed by atoms with van der Waals surface area (Å²) in [5, 5.41) is 0.573. The number of hydrogen-bond acceptors (Lipinski definition) is 3. The quantitative estimate of drug-likeness (QED) is 0.865. The zero-order valence-corrected chi connectivity index (χ0v) is 10.5. The first-order valence-electron chi connectivity index (χ1n) is 5.39. The van der Waals surface area contributed by atoms with Crippen molar-refractivity contribution < 1.29 is 9.47 Å². The van der Waals surface area contributed by atoms with Crippen molar-refractivity contribution in [2.45, 2.75) is 32.7 Å². The van der Waals surface area contributed by atoms with E-state index < -0.39 is 0 Å². The fraction of sp³-hybridized carbons (Fsp3) is 0.500. The van der Waals surface area contributed by atoms with Gasteiger partial charge in [-0.05, 0) is 24.5 Å². The smallest absolute Gasteiger partial charge is 0.231 e. The zero-order chi connectivity index (χ0) is 11.9. The van der Waals surface area contributed by atoms with Crippen LogP contribution in [-0.2, 0) is 0 Å². The first kappa shape index (κ1) is 11.6. The highest BCUT2D eigenvalue weighted by Crippen LogP contribution is 2.47. The van der Waals surface area contributed by atoms with Gasteiger partial charge in [-0.2, -0.15) is 0 Å². The Kier molecular flexibility index (Phi) is 3.00. The van der Waals surface area contributed by atoms with Gasteiger partial charge in [-0.15, -0.1) is 0 Å². The van der Waals surface area contributed by atoms with E-state index >= 15 is 0 Å². The molecule has 0 saturated carbocycles. The molecule has 2 N–H and O–H groups in total. The lowest BCUT2D eigenvalue weighted by atomic mass is 9.92. The number of nitrogens with two attached hydrogens (primary N) is 1. The Hall–Kier alpha value is -0.930. The van der Waals surface area contributed by atoms with E-state index in [1.807, 2.05) is 13.0 Å². The highest BCUT2D eigenvalue weighted by molar-refractivity contribution is 6.32. The summed E-state index contributed by atoms with van der Waals surface area (Å²) in [6, 6.07) is 1.82. The van der Waals surface area contributed by atoms with Gasteiger partial charge in [0.05, 0.1) is 5.02 Å². The second-order valence-electron chi connectivity index (χ2n) is 4.37. The van der Waals surface area contributed by atoms with E-state index in [1.54, 1.807) is 0 Å². The van der Waals surface area contributed by atoms with Crippen LogP contribution in [0.3, 0.4) is 0 Å². The predicted molar refractivity (Wildman–Crippen MR) is 64.3 cm³/mol. The van der Waals surface area contributed by atoms with Crippen LogP contribution in [0.15, 0.2) is 6.07 Å². The second kappa shape index (κ2) is 4.15. The average molecular weight is 242 g/mol. The molecular weight excluding hydrogens is 226 g/mol. The van der Waals surface area contributed by atoms with Crippen LogP contribution in [-0.4, -0.2) is 6.79 Å². The summed E-state index contributed by atoms with van der Waals surface area (Å²) in [6.07, 6.45) is 0. The van der Waals surface area contributed by atoms with Crippen molar-refractivity contribution in [2.75, 3.05) is 6.79 Å². The van der Waals surface area contributed by atoms with Gasteiger partial charge < -0.3 is 15.2 Å². The molecule has 0 fully saturated rings. The van der Waals surface area contributed by atoms with E-state index in [-0.39, 0.29) is 12.8 Å². The van der Waals surface area contributed by atoms with Crippen molar-refractivity contribution in [1.82, 2.24) is 0 Å². The highest BCUT2D eigenvalue weighted by Gasteiger charge is 2.26. The lowest BCUT2D eigenvalue weighted by Gasteiger charge is -2.18. The van der Waals surface area contributed by atoms with Gasteiger partial charge in [-0.1, -0.05) is 25.4 Å². The van der Waals surface area contributed by atoms with E-state index in [2.05, 4.69) is 13.8 Å². The average Bonchev–Trinajstić information content (AvgIpc) is 2.65. The predicted octanol–water partition coefficient (Wildman–Crippen LogP) is 3.21. The van der Waals surface area contributed by atoms with Crippen molar-refractivity contribution in [3.05, 3.63) is 22.2 Å². The number of fused-ring (bicyclic) bond motifs is 1. The standard InChI is InChI=1S/C12H16ClNO2/c1-6(2)10-8(7(3)14)4-9(13)11-12(10)16-5-15-11/h4,6-7H,5,14H2,1-3H3. The molecule has 1 aliphatic heterocycles. The molecule has 1 heterocycles. The van der Waals surface area contributed by atoms with Crippen LogP contribution < -0.4 is 15.2 Å². The molecule has 4 heteroatoms. The van der Waals surface area contributed by atoms with Gasteiger partial charge in [0, 0.05) is 11.6 Å². The van der Waals surface area contributed by atoms with Crippen molar-refractivity contribution in [3.8, 4) is 11.5 Å². The van der Waals surface area contributed by atoms with Crippen LogP contribution in [0, 0.1) is 0 Å². The molecule has 1 unspecified atom stereocenters. The summed E-state index contributed by atoms with van der Waals surface area (Å²) < 4.78 is 10.9. The SMILES string of the molecule is CC(C)c1c(C(C)N)cc(Cl)c2c1OCO2. The summed E-state index contributed by atoms with van der Waals surface area (Å²) in [5.41, 5.74) is 8.10. The molecule has 1 aliphatic rings. The minimum absolute atomic E-state index is 0.0654. The fourth-order valence-electron chi connectivity index (χ4n) is 2.04. The molecule has 0 aliphatic carbocycles. The summed E-state index contributed by atoms with van der Waals surface area (Å²) >= 11 is 6.13. The molecule has 0 saturated heterocycles. The van der Waals surface area contributed by atoms with E-state index in [9.17, 15) is 0 Å². The molecule has 0 radical (unpaired) electrons. The Morgan fingerprint density at radius 3 is 2.44 bits per heavy atom. The van der Waals surface area contributed by atoms with Crippen LogP contribution in [0.5, 0.6) is 11.5 Å². The van der Waals surface area contributed by atoms with E-state index in [1.165, 1.54) is 0 Å². The molecule has 0 amide bonds. The van der Waals surface area contributed by atoms with Gasteiger partial charge in [-0.3, -0.25) is 0 Å². The second-order valence-corrected chi connectivity index (χ2v) is 4.78. The van der Waals surface area contributed by atoms with Crippen LogP contribution in [0.4, 0.5) is 0 Å². The molecule has 88 valence electrons. The highest BCUT2D eigenvalue weighted by atomic mass is 35.5. The topological polar surface area (TPSA) is 44.5 Å². The van der Waals surface area contributed by atoms with Crippen LogP contribution in [0.25, 0.3) is 0 Å². The lowest BCUT2D eigenvalue weighted by molar-refractivity contribution is 0.173. The van der Waals surface area contributed by atoms with Gasteiger partial charge in [-0.25, -0.2) is 0 Å². The molecule has 2 rings (SSSR count). The van der Waals surface area contributed by atoms with Gasteiger partial charge in [0.1, 0.15) is 0 Å². The molecule has 1 atom stereocenters. The van der Waals surface area contributed by atoms with Crippen LogP contribution in [0.2, 0.25) is 5.02 Å². The molecule has 0 aromatic heterocycles. The minimum atomic E-state index is -0.0654. The van der Waals surface area contributed by atoms with Crippen molar-refractivity contribution >= 4 is 11.6 Å². The first-order chi connectivity index (χ1) is 7.52. The van der Waals surface area contributed by atoms with Crippen LogP contribution in [0.1, 0.15) is 43.9 Å². The molecule has 0 spiro atoms. The Morgan fingerprint density at radius 2 is 1.88 bits per heavy atom. The first-order valence-corrected chi connectivity index (χ1v) is 5.77. The third-order valence-electron chi connectivity index (χ3n) is 2.74. The van der Waals surface area contributed by atoms with Gasteiger partial charge >= 0.3 is 0 Å². The summed E-state index contributed by atoms with van der Waals surface area (Å²) in [7, 11) is 0. The van der Waals surface area contributed by atoms with Crippen molar-refractivity contribution in [3.63, 3.8) is 0 Å². The maximum Gasteiger partial charge on any atom is 0.231 e. The maximum absolute atomic E-state index is 6.13. The molecule has 0 bridgehead atoms. The van der Waals surface area contributed by atoms with Gasteiger partial charge in [0.15, 0.2) is 11.5 Å². The summed E-state index contributed by atoms with van der Waals surface area (Å²) in [4.78, 5) is 0. The van der Waals surface area contributed by atoms with Crippen molar-refractivity contribution in [1.29, 1.82) is 0 Å². The monoisotopic (exact) mass is 241 g/mol. The van der Waals surface area contributed by atoms with Gasteiger partial charge in [0.2, 0.25) is 6.79 Å². The number of hydrogen-bond donors (Lipinski definition) is 1. The summed E-state index contributed by atoms with van der Waals surface area (Å²) in [6.45, 7) is 6.39. The van der Waals surface area contributed by atoms with E-state index in [0.29, 0.717) is 16.7 Å². The fourth-order valence-corrected chi connectivity index (χ4v) is 2.30. The third-order valence-corrected chi connectivity index (χ3v) is 3.02. The van der Waals surface area contributed by atoms with Crippen molar-refractivity contribution in [2.24, 2.45) is 5.73 Å². The Bertz CT molecular complexity index is 416. The van der Waals surface area contributed by atoms with Gasteiger partial charge in [0.25, 0.3) is 0 Å². The number of ether oxygens (including phenoxy) is 2. The largest absolute Gasteiger partial charge is 0.453 e. The normalized spacial score (nSPS) is 15.6. The molecule has 1 aromatic rings. The van der Waals surface area contributed by atoms with E-state index in [0.717, 1.165) is 16.9 Å². The molecular formula is C12H16ClNO2.